The number of halogens is 3. The van der Waals surface area contributed by atoms with Crippen molar-refractivity contribution < 1.29 is 13.6 Å². The maximum absolute atomic E-state index is 13.6. The molecule has 0 aliphatic rings. The molecule has 0 bridgehead atoms. The zero-order chi connectivity index (χ0) is 15.4. The number of hydrogen-bond acceptors (Lipinski definition) is 2. The number of hydrogen-bond donors (Lipinski definition) is 2. The molecule has 0 aromatic heterocycles. The molecular formula is C15H11BrF2N2O. The minimum absolute atomic E-state index is 0.112. The summed E-state index contributed by atoms with van der Waals surface area (Å²) in [5.41, 5.74) is 6.82. The number of carbonyl (C=O) groups excluding carboxylic acids is 1. The van der Waals surface area contributed by atoms with Gasteiger partial charge in [-0.2, -0.15) is 0 Å². The van der Waals surface area contributed by atoms with Gasteiger partial charge in [-0.05, 0) is 45.8 Å². The van der Waals surface area contributed by atoms with Crippen molar-refractivity contribution >= 4 is 39.3 Å². The first kappa shape index (κ1) is 15.2. The van der Waals surface area contributed by atoms with Crippen molar-refractivity contribution in [3.05, 3.63) is 64.1 Å². The maximum Gasteiger partial charge on any atom is 0.248 e. The van der Waals surface area contributed by atoms with Crippen molar-refractivity contribution in [1.29, 1.82) is 0 Å². The van der Waals surface area contributed by atoms with E-state index >= 15 is 0 Å². The Balaban J connectivity index is 2.12. The van der Waals surface area contributed by atoms with Crippen molar-refractivity contribution in [3.63, 3.8) is 0 Å². The van der Waals surface area contributed by atoms with E-state index in [1.807, 2.05) is 0 Å². The zero-order valence-electron chi connectivity index (χ0n) is 10.7. The summed E-state index contributed by atoms with van der Waals surface area (Å²) in [6.45, 7) is 0. The molecule has 2 aromatic rings. The standard InChI is InChI=1S/C15H11BrF2N2O/c16-12-7-10(17)8-13(18)15(12)20-14(21)5-4-9-2-1-3-11(19)6-9/h1-8H,19H2,(H,20,21)/b5-4+. The highest BCUT2D eigenvalue weighted by Gasteiger charge is 2.11. The molecule has 0 radical (unpaired) electrons. The molecule has 3 nitrogen and oxygen atoms in total. The number of benzene rings is 2. The Morgan fingerprint density at radius 1 is 1.24 bits per heavy atom. The smallest absolute Gasteiger partial charge is 0.248 e. The van der Waals surface area contributed by atoms with Gasteiger partial charge in [-0.25, -0.2) is 8.78 Å². The Kier molecular flexibility index (Phi) is 4.70. The lowest BCUT2D eigenvalue weighted by molar-refractivity contribution is -0.111. The van der Waals surface area contributed by atoms with Crippen molar-refractivity contribution in [3.8, 4) is 0 Å². The van der Waals surface area contributed by atoms with E-state index in [1.165, 1.54) is 6.08 Å². The average molecular weight is 353 g/mol. The van der Waals surface area contributed by atoms with Gasteiger partial charge in [-0.3, -0.25) is 4.79 Å². The fraction of sp³-hybridized carbons (Fsp3) is 0. The minimum Gasteiger partial charge on any atom is -0.399 e. The van der Waals surface area contributed by atoms with Crippen LogP contribution in [0.3, 0.4) is 0 Å². The Labute approximate surface area is 128 Å². The van der Waals surface area contributed by atoms with E-state index < -0.39 is 17.5 Å². The number of rotatable bonds is 3. The third-order valence-corrected chi connectivity index (χ3v) is 3.22. The van der Waals surface area contributed by atoms with Crippen LogP contribution >= 0.6 is 15.9 Å². The summed E-state index contributed by atoms with van der Waals surface area (Å²) >= 11 is 3.00. The lowest BCUT2D eigenvalue weighted by Crippen LogP contribution is -2.10. The molecule has 6 heteroatoms. The number of nitrogens with one attached hydrogen (secondary N) is 1. The molecule has 2 aromatic carbocycles. The van der Waals surface area contributed by atoms with Crippen molar-refractivity contribution in [2.45, 2.75) is 0 Å². The molecule has 0 spiro atoms. The first-order valence-electron chi connectivity index (χ1n) is 5.95. The number of carbonyl (C=O) groups is 1. The Hall–Kier alpha value is -2.21. The summed E-state index contributed by atoms with van der Waals surface area (Å²) in [6, 6.07) is 8.71. The maximum atomic E-state index is 13.6. The molecule has 3 N–H and O–H groups in total. The van der Waals surface area contributed by atoms with E-state index in [0.717, 1.165) is 11.6 Å². The van der Waals surface area contributed by atoms with Gasteiger partial charge in [0.2, 0.25) is 5.91 Å². The second kappa shape index (κ2) is 6.49. The van der Waals surface area contributed by atoms with Crippen LogP contribution in [0.5, 0.6) is 0 Å². The van der Waals surface area contributed by atoms with Gasteiger partial charge in [0.25, 0.3) is 0 Å². The highest BCUT2D eigenvalue weighted by Crippen LogP contribution is 2.26. The summed E-state index contributed by atoms with van der Waals surface area (Å²) in [6.07, 6.45) is 2.78. The zero-order valence-corrected chi connectivity index (χ0v) is 12.3. The van der Waals surface area contributed by atoms with Gasteiger partial charge in [-0.1, -0.05) is 12.1 Å². The molecule has 21 heavy (non-hydrogen) atoms. The molecule has 0 aliphatic carbocycles. The van der Waals surface area contributed by atoms with E-state index in [0.29, 0.717) is 11.8 Å². The van der Waals surface area contributed by atoms with Crippen LogP contribution in [0.1, 0.15) is 5.56 Å². The van der Waals surface area contributed by atoms with Crippen LogP contribution < -0.4 is 11.1 Å². The van der Waals surface area contributed by atoms with E-state index in [4.69, 9.17) is 5.73 Å². The second-order valence-electron chi connectivity index (χ2n) is 4.24. The van der Waals surface area contributed by atoms with Gasteiger partial charge >= 0.3 is 0 Å². The lowest BCUT2D eigenvalue weighted by Gasteiger charge is -2.06. The quantitative estimate of drug-likeness (QED) is 0.648. The molecule has 0 heterocycles. The fourth-order valence-corrected chi connectivity index (χ4v) is 2.17. The van der Waals surface area contributed by atoms with E-state index in [2.05, 4.69) is 21.2 Å². The van der Waals surface area contributed by atoms with Crippen molar-refractivity contribution in [1.82, 2.24) is 0 Å². The SMILES string of the molecule is Nc1cccc(/C=C/C(=O)Nc2c(F)cc(F)cc2Br)c1. The number of nitrogens with two attached hydrogens (primary N) is 1. The van der Waals surface area contributed by atoms with Crippen molar-refractivity contribution in [2.75, 3.05) is 11.1 Å². The lowest BCUT2D eigenvalue weighted by atomic mass is 10.2. The van der Waals surface area contributed by atoms with Crippen LogP contribution in [0.15, 0.2) is 46.9 Å². The van der Waals surface area contributed by atoms with E-state index in [1.54, 1.807) is 30.3 Å². The van der Waals surface area contributed by atoms with Crippen LogP contribution in [0.25, 0.3) is 6.08 Å². The van der Waals surface area contributed by atoms with Crippen LogP contribution in [0.2, 0.25) is 0 Å². The van der Waals surface area contributed by atoms with Gasteiger partial charge in [0, 0.05) is 22.3 Å². The van der Waals surface area contributed by atoms with Gasteiger partial charge in [-0.15, -0.1) is 0 Å². The molecule has 0 aliphatic heterocycles. The predicted octanol–water partition coefficient (Wildman–Crippen LogP) is 3.96. The van der Waals surface area contributed by atoms with Crippen molar-refractivity contribution in [2.24, 2.45) is 0 Å². The number of amides is 1. The molecule has 0 saturated carbocycles. The summed E-state index contributed by atoms with van der Waals surface area (Å²) in [5.74, 6) is -2.12. The van der Waals surface area contributed by atoms with Gasteiger partial charge in [0.05, 0.1) is 5.69 Å². The Morgan fingerprint density at radius 2 is 2.00 bits per heavy atom. The first-order chi connectivity index (χ1) is 9.95. The summed E-state index contributed by atoms with van der Waals surface area (Å²) in [5, 5.41) is 2.35. The Bertz CT molecular complexity index is 694. The number of nitrogen functional groups attached to an aromatic ring is 1. The minimum atomic E-state index is -0.854. The van der Waals surface area contributed by atoms with E-state index in [9.17, 15) is 13.6 Å². The highest BCUT2D eigenvalue weighted by atomic mass is 79.9. The monoisotopic (exact) mass is 352 g/mol. The van der Waals surface area contributed by atoms with Crippen LogP contribution in [0, 0.1) is 11.6 Å². The normalized spacial score (nSPS) is 10.8. The third-order valence-electron chi connectivity index (χ3n) is 2.59. The molecule has 0 atom stereocenters. The largest absolute Gasteiger partial charge is 0.399 e. The highest BCUT2D eigenvalue weighted by molar-refractivity contribution is 9.10. The second-order valence-corrected chi connectivity index (χ2v) is 5.09. The van der Waals surface area contributed by atoms with Crippen LogP contribution in [0.4, 0.5) is 20.2 Å². The molecule has 0 unspecified atom stereocenters. The van der Waals surface area contributed by atoms with Crippen LogP contribution in [-0.2, 0) is 4.79 Å². The molecule has 0 fully saturated rings. The first-order valence-corrected chi connectivity index (χ1v) is 6.74. The van der Waals surface area contributed by atoms with Gasteiger partial charge in [0.15, 0.2) is 5.82 Å². The fourth-order valence-electron chi connectivity index (χ4n) is 1.66. The molecule has 0 saturated heterocycles. The Morgan fingerprint density at radius 3 is 2.67 bits per heavy atom. The van der Waals surface area contributed by atoms with Gasteiger partial charge in [0.1, 0.15) is 5.82 Å². The topological polar surface area (TPSA) is 55.1 Å². The summed E-state index contributed by atoms with van der Waals surface area (Å²) < 4.78 is 26.6. The summed E-state index contributed by atoms with van der Waals surface area (Å²) in [7, 11) is 0. The molecule has 1 amide bonds. The number of anilines is 2. The predicted molar refractivity (Wildman–Crippen MR) is 82.6 cm³/mol. The van der Waals surface area contributed by atoms with E-state index in [-0.39, 0.29) is 10.2 Å². The molecular weight excluding hydrogens is 342 g/mol. The molecule has 108 valence electrons. The molecule has 2 rings (SSSR count). The van der Waals surface area contributed by atoms with Crippen LogP contribution in [-0.4, -0.2) is 5.91 Å². The average Bonchev–Trinajstić information content (AvgIpc) is 2.40. The summed E-state index contributed by atoms with van der Waals surface area (Å²) in [4.78, 5) is 11.7. The van der Waals surface area contributed by atoms with Gasteiger partial charge < -0.3 is 11.1 Å². The third kappa shape index (κ3) is 4.13.